The Labute approximate surface area is 125 Å². The normalized spacial score (nSPS) is 12.7. The van der Waals surface area contributed by atoms with Crippen LogP contribution in [0.3, 0.4) is 0 Å². The van der Waals surface area contributed by atoms with E-state index in [1.807, 2.05) is 42.3 Å². The quantitative estimate of drug-likeness (QED) is 0.806. The van der Waals surface area contributed by atoms with E-state index in [0.29, 0.717) is 6.54 Å². The number of Topliss-reactive ketones (excluding diaryl/α,β-unsaturated/α-hetero) is 1. The summed E-state index contributed by atoms with van der Waals surface area (Å²) < 4.78 is 5.48. The fourth-order valence-electron chi connectivity index (χ4n) is 2.62. The van der Waals surface area contributed by atoms with Crippen molar-refractivity contribution in [2.45, 2.75) is 13.3 Å². The van der Waals surface area contributed by atoms with E-state index in [-0.39, 0.29) is 5.78 Å². The van der Waals surface area contributed by atoms with Gasteiger partial charge in [0.2, 0.25) is 0 Å². The van der Waals surface area contributed by atoms with Gasteiger partial charge < -0.3 is 9.64 Å². The molecule has 0 aliphatic carbocycles. The first-order chi connectivity index (χ1) is 10.1. The van der Waals surface area contributed by atoms with Crippen molar-refractivity contribution in [2.24, 2.45) is 0 Å². The Morgan fingerprint density at radius 2 is 2.10 bits per heavy atom. The minimum Gasteiger partial charge on any atom is -0.493 e. The standard InChI is InChI=1S/C18H19NO2/c1-13-4-3-5-16(10-13)19(2)12-17(20)14-6-7-18-15(11-14)8-9-21-18/h3-7,10-11H,8-9,12H2,1-2H3. The Bertz CT molecular complexity index is 679. The molecule has 3 heteroatoms. The molecule has 1 heterocycles. The van der Waals surface area contributed by atoms with Crippen LogP contribution >= 0.6 is 0 Å². The van der Waals surface area contributed by atoms with Gasteiger partial charge in [0.1, 0.15) is 5.75 Å². The molecule has 0 radical (unpaired) electrons. The third-order valence-electron chi connectivity index (χ3n) is 3.83. The predicted molar refractivity (Wildman–Crippen MR) is 84.4 cm³/mol. The molecule has 0 amide bonds. The molecule has 0 bridgehead atoms. The molecule has 0 saturated heterocycles. The summed E-state index contributed by atoms with van der Waals surface area (Å²) in [5, 5.41) is 0. The van der Waals surface area contributed by atoms with Crippen LogP contribution in [-0.2, 0) is 6.42 Å². The third kappa shape index (κ3) is 2.92. The zero-order valence-electron chi connectivity index (χ0n) is 12.4. The molecule has 3 nitrogen and oxygen atoms in total. The number of nitrogens with zero attached hydrogens (tertiary/aromatic N) is 1. The SMILES string of the molecule is Cc1cccc(N(C)CC(=O)c2ccc3c(c2)CCO3)c1. The molecule has 0 aromatic heterocycles. The topological polar surface area (TPSA) is 29.5 Å². The number of rotatable bonds is 4. The van der Waals surface area contributed by atoms with Crippen LogP contribution in [0.1, 0.15) is 21.5 Å². The number of carbonyl (C=O) groups is 1. The lowest BCUT2D eigenvalue weighted by molar-refractivity contribution is 0.100. The monoisotopic (exact) mass is 281 g/mol. The molecule has 2 aromatic rings. The third-order valence-corrected chi connectivity index (χ3v) is 3.83. The first-order valence-corrected chi connectivity index (χ1v) is 7.20. The highest BCUT2D eigenvalue weighted by molar-refractivity contribution is 5.99. The second-order valence-corrected chi connectivity index (χ2v) is 5.54. The van der Waals surface area contributed by atoms with Crippen LogP contribution in [0.15, 0.2) is 42.5 Å². The summed E-state index contributed by atoms with van der Waals surface area (Å²) in [7, 11) is 1.95. The number of aryl methyl sites for hydroxylation is 1. The lowest BCUT2D eigenvalue weighted by Gasteiger charge is -2.19. The number of likely N-dealkylation sites (N-methyl/N-ethyl adjacent to an activating group) is 1. The van der Waals surface area contributed by atoms with Gasteiger partial charge in [0.15, 0.2) is 5.78 Å². The lowest BCUT2D eigenvalue weighted by atomic mass is 10.0. The zero-order valence-corrected chi connectivity index (χ0v) is 12.4. The molecule has 0 spiro atoms. The summed E-state index contributed by atoms with van der Waals surface area (Å²) in [6.07, 6.45) is 0.893. The number of carbonyl (C=O) groups excluding carboxylic acids is 1. The average molecular weight is 281 g/mol. The minimum atomic E-state index is 0.133. The largest absolute Gasteiger partial charge is 0.493 e. The minimum absolute atomic E-state index is 0.133. The molecule has 0 fully saturated rings. The molecule has 108 valence electrons. The van der Waals surface area contributed by atoms with Crippen LogP contribution in [0.5, 0.6) is 5.75 Å². The molecule has 0 N–H and O–H groups in total. The summed E-state index contributed by atoms with van der Waals surface area (Å²) >= 11 is 0. The van der Waals surface area contributed by atoms with Crippen LogP contribution in [0.25, 0.3) is 0 Å². The van der Waals surface area contributed by atoms with Crippen molar-refractivity contribution in [1.82, 2.24) is 0 Å². The fourth-order valence-corrected chi connectivity index (χ4v) is 2.62. The van der Waals surface area contributed by atoms with E-state index in [9.17, 15) is 4.79 Å². The maximum atomic E-state index is 12.4. The average Bonchev–Trinajstić information content (AvgIpc) is 2.94. The van der Waals surface area contributed by atoms with Gasteiger partial charge in [0.25, 0.3) is 0 Å². The van der Waals surface area contributed by atoms with E-state index in [0.717, 1.165) is 35.6 Å². The Hall–Kier alpha value is -2.29. The number of hydrogen-bond acceptors (Lipinski definition) is 3. The molecule has 0 saturated carbocycles. The van der Waals surface area contributed by atoms with Crippen LogP contribution in [0.4, 0.5) is 5.69 Å². The summed E-state index contributed by atoms with van der Waals surface area (Å²) in [6, 6.07) is 13.9. The van der Waals surface area contributed by atoms with Crippen molar-refractivity contribution in [3.8, 4) is 5.75 Å². The van der Waals surface area contributed by atoms with Gasteiger partial charge in [0.05, 0.1) is 13.2 Å². The molecule has 0 unspecified atom stereocenters. The highest BCUT2D eigenvalue weighted by Gasteiger charge is 2.16. The maximum absolute atomic E-state index is 12.4. The number of ketones is 1. The van der Waals surface area contributed by atoms with Crippen LogP contribution in [-0.4, -0.2) is 26.0 Å². The zero-order chi connectivity index (χ0) is 14.8. The van der Waals surface area contributed by atoms with Gasteiger partial charge in [-0.1, -0.05) is 12.1 Å². The smallest absolute Gasteiger partial charge is 0.182 e. The molecule has 1 aliphatic heterocycles. The van der Waals surface area contributed by atoms with Crippen molar-refractivity contribution < 1.29 is 9.53 Å². The van der Waals surface area contributed by atoms with Gasteiger partial charge in [0, 0.05) is 24.7 Å². The Morgan fingerprint density at radius 1 is 1.24 bits per heavy atom. The van der Waals surface area contributed by atoms with Crippen molar-refractivity contribution in [3.05, 3.63) is 59.2 Å². The molecular weight excluding hydrogens is 262 g/mol. The van der Waals surface area contributed by atoms with Crippen molar-refractivity contribution in [3.63, 3.8) is 0 Å². The van der Waals surface area contributed by atoms with Crippen LogP contribution < -0.4 is 9.64 Å². The second kappa shape index (κ2) is 5.60. The maximum Gasteiger partial charge on any atom is 0.182 e. The van der Waals surface area contributed by atoms with E-state index < -0.39 is 0 Å². The van der Waals surface area contributed by atoms with Crippen molar-refractivity contribution in [2.75, 3.05) is 25.1 Å². The van der Waals surface area contributed by atoms with Crippen molar-refractivity contribution in [1.29, 1.82) is 0 Å². The molecule has 3 rings (SSSR count). The first-order valence-electron chi connectivity index (χ1n) is 7.20. The molecular formula is C18H19NO2. The van der Waals surface area contributed by atoms with Crippen LogP contribution in [0, 0.1) is 6.92 Å². The van der Waals surface area contributed by atoms with Crippen molar-refractivity contribution >= 4 is 11.5 Å². The Balaban J connectivity index is 1.74. The second-order valence-electron chi connectivity index (χ2n) is 5.54. The number of anilines is 1. The highest BCUT2D eigenvalue weighted by Crippen LogP contribution is 2.26. The van der Waals surface area contributed by atoms with E-state index in [4.69, 9.17) is 4.74 Å². The van der Waals surface area contributed by atoms with E-state index in [1.54, 1.807) is 0 Å². The molecule has 2 aromatic carbocycles. The molecule has 0 atom stereocenters. The van der Waals surface area contributed by atoms with Gasteiger partial charge in [-0.3, -0.25) is 4.79 Å². The predicted octanol–water partition coefficient (Wildman–Crippen LogP) is 3.25. The molecule has 21 heavy (non-hydrogen) atoms. The number of fused-ring (bicyclic) bond motifs is 1. The number of ether oxygens (including phenoxy) is 1. The van der Waals surface area contributed by atoms with Gasteiger partial charge in [-0.2, -0.15) is 0 Å². The molecule has 1 aliphatic rings. The van der Waals surface area contributed by atoms with Gasteiger partial charge in [-0.15, -0.1) is 0 Å². The van der Waals surface area contributed by atoms with E-state index in [1.165, 1.54) is 5.56 Å². The lowest BCUT2D eigenvalue weighted by Crippen LogP contribution is -2.25. The summed E-state index contributed by atoms with van der Waals surface area (Å²) in [5.74, 6) is 1.05. The van der Waals surface area contributed by atoms with Crippen LogP contribution in [0.2, 0.25) is 0 Å². The van der Waals surface area contributed by atoms with Gasteiger partial charge in [-0.05, 0) is 48.4 Å². The summed E-state index contributed by atoms with van der Waals surface area (Å²) in [6.45, 7) is 3.15. The first kappa shape index (κ1) is 13.7. The van der Waals surface area contributed by atoms with E-state index in [2.05, 4.69) is 19.1 Å². The Kier molecular flexibility index (Phi) is 3.65. The van der Waals surface area contributed by atoms with Gasteiger partial charge >= 0.3 is 0 Å². The Morgan fingerprint density at radius 3 is 2.90 bits per heavy atom. The summed E-state index contributed by atoms with van der Waals surface area (Å²) in [5.41, 5.74) is 4.16. The number of hydrogen-bond donors (Lipinski definition) is 0. The fraction of sp³-hybridized carbons (Fsp3) is 0.278. The van der Waals surface area contributed by atoms with E-state index >= 15 is 0 Å². The highest BCUT2D eigenvalue weighted by atomic mass is 16.5. The summed E-state index contributed by atoms with van der Waals surface area (Å²) in [4.78, 5) is 14.4. The van der Waals surface area contributed by atoms with Gasteiger partial charge in [-0.25, -0.2) is 0 Å². The number of benzene rings is 2.